The van der Waals surface area contributed by atoms with E-state index in [1.165, 1.54) is 116 Å². The molecule has 0 saturated carbocycles. The zero-order valence-electron chi connectivity index (χ0n) is 28.0. The van der Waals surface area contributed by atoms with Gasteiger partial charge < -0.3 is 15.5 Å². The molecule has 246 valence electrons. The van der Waals surface area contributed by atoms with Crippen LogP contribution in [0.3, 0.4) is 0 Å². The van der Waals surface area contributed by atoms with E-state index in [1.807, 2.05) is 6.08 Å². The maximum atomic E-state index is 12.3. The van der Waals surface area contributed by atoms with Gasteiger partial charge in [-0.2, -0.15) is 0 Å². The lowest BCUT2D eigenvalue weighted by atomic mass is 10.0. The summed E-state index contributed by atoms with van der Waals surface area (Å²) in [6.07, 6.45) is 43.6. The van der Waals surface area contributed by atoms with E-state index in [9.17, 15) is 15.0 Å². The van der Waals surface area contributed by atoms with Crippen molar-refractivity contribution in [1.29, 1.82) is 0 Å². The Morgan fingerprint density at radius 2 is 0.976 bits per heavy atom. The van der Waals surface area contributed by atoms with E-state index >= 15 is 0 Å². The van der Waals surface area contributed by atoms with Crippen LogP contribution in [0.5, 0.6) is 0 Å². The van der Waals surface area contributed by atoms with Crippen LogP contribution in [0.15, 0.2) is 36.5 Å². The van der Waals surface area contributed by atoms with Crippen LogP contribution < -0.4 is 5.32 Å². The van der Waals surface area contributed by atoms with Crippen molar-refractivity contribution in [2.75, 3.05) is 6.61 Å². The molecular formula is C38H71NO3. The number of carbonyl (C=O) groups excluding carboxylic acids is 1. The van der Waals surface area contributed by atoms with Crippen molar-refractivity contribution < 1.29 is 15.0 Å². The number of aliphatic hydroxyl groups is 2. The molecule has 0 fully saturated rings. The second-order valence-corrected chi connectivity index (χ2v) is 12.3. The minimum Gasteiger partial charge on any atom is -0.394 e. The molecule has 0 aliphatic heterocycles. The number of unbranched alkanes of at least 4 members (excludes halogenated alkanes) is 21. The van der Waals surface area contributed by atoms with Crippen LogP contribution in [0.25, 0.3) is 0 Å². The number of amides is 1. The van der Waals surface area contributed by atoms with Gasteiger partial charge in [-0.25, -0.2) is 0 Å². The fourth-order valence-corrected chi connectivity index (χ4v) is 5.26. The summed E-state index contributed by atoms with van der Waals surface area (Å²) in [6, 6.07) is -0.627. The van der Waals surface area contributed by atoms with Crippen molar-refractivity contribution in [3.63, 3.8) is 0 Å². The first-order valence-corrected chi connectivity index (χ1v) is 18.2. The number of hydrogen-bond acceptors (Lipinski definition) is 3. The molecule has 0 bridgehead atoms. The van der Waals surface area contributed by atoms with Crippen LogP contribution in [0.1, 0.15) is 181 Å². The highest BCUT2D eigenvalue weighted by atomic mass is 16.3. The third-order valence-electron chi connectivity index (χ3n) is 8.12. The molecule has 0 rings (SSSR count). The van der Waals surface area contributed by atoms with Gasteiger partial charge in [0.25, 0.3) is 0 Å². The molecule has 0 radical (unpaired) electrons. The first kappa shape index (κ1) is 40.6. The zero-order valence-corrected chi connectivity index (χ0v) is 28.0. The van der Waals surface area contributed by atoms with Gasteiger partial charge in [0.15, 0.2) is 0 Å². The van der Waals surface area contributed by atoms with E-state index in [0.717, 1.165) is 44.9 Å². The predicted molar refractivity (Wildman–Crippen MR) is 184 cm³/mol. The Kier molecular flexibility index (Phi) is 33.0. The Hall–Kier alpha value is -1.39. The van der Waals surface area contributed by atoms with E-state index < -0.39 is 12.1 Å². The summed E-state index contributed by atoms with van der Waals surface area (Å²) in [4.78, 5) is 12.3. The number of hydrogen-bond donors (Lipinski definition) is 3. The monoisotopic (exact) mass is 590 g/mol. The summed E-state index contributed by atoms with van der Waals surface area (Å²) < 4.78 is 0. The lowest BCUT2D eigenvalue weighted by Gasteiger charge is -2.20. The molecule has 1 amide bonds. The highest BCUT2D eigenvalue weighted by Crippen LogP contribution is 2.13. The molecule has 0 heterocycles. The fourth-order valence-electron chi connectivity index (χ4n) is 5.26. The fraction of sp³-hybridized carbons (Fsp3) is 0.816. The standard InChI is InChI=1S/C38H71NO3/c1-3-5-7-9-11-13-15-17-19-21-23-25-27-29-31-33-37(41)36(35-40)39-38(42)34-32-30-28-26-24-22-20-18-16-14-12-10-8-6-4-2/h12,14,18,20,31,33,36-37,40-41H,3-11,13,15-17,19,21-30,32,34-35H2,1-2H3,(H,39,42)/b14-12+,20-18+,33-31+/t36-,37+/m0/s1. The molecule has 0 spiro atoms. The smallest absolute Gasteiger partial charge is 0.220 e. The Bertz CT molecular complexity index is 642. The van der Waals surface area contributed by atoms with Gasteiger partial charge in [-0.05, 0) is 51.4 Å². The van der Waals surface area contributed by atoms with Crippen LogP contribution in [0.4, 0.5) is 0 Å². The second-order valence-electron chi connectivity index (χ2n) is 12.3. The Morgan fingerprint density at radius 3 is 1.48 bits per heavy atom. The van der Waals surface area contributed by atoms with Gasteiger partial charge in [0.2, 0.25) is 5.91 Å². The molecule has 0 saturated heterocycles. The van der Waals surface area contributed by atoms with E-state index in [2.05, 4.69) is 43.5 Å². The molecular weight excluding hydrogens is 518 g/mol. The van der Waals surface area contributed by atoms with E-state index in [4.69, 9.17) is 0 Å². The number of nitrogens with one attached hydrogen (secondary N) is 1. The topological polar surface area (TPSA) is 69.6 Å². The molecule has 0 aliphatic rings. The number of rotatable bonds is 32. The van der Waals surface area contributed by atoms with E-state index in [0.29, 0.717) is 6.42 Å². The number of aliphatic hydroxyl groups excluding tert-OH is 2. The lowest BCUT2D eigenvalue weighted by Crippen LogP contribution is -2.45. The molecule has 4 heteroatoms. The SMILES string of the molecule is CCCCC/C=C/C/C=C/CCCCCCCC(=O)N[C@@H](CO)[C@H](O)/C=C/CCCCCCCCCCCCCCC. The third kappa shape index (κ3) is 30.1. The van der Waals surface area contributed by atoms with Crippen molar-refractivity contribution in [2.24, 2.45) is 0 Å². The van der Waals surface area contributed by atoms with Crippen molar-refractivity contribution in [3.8, 4) is 0 Å². The van der Waals surface area contributed by atoms with Crippen molar-refractivity contribution >= 4 is 5.91 Å². The van der Waals surface area contributed by atoms with Crippen LogP contribution >= 0.6 is 0 Å². The first-order chi connectivity index (χ1) is 20.7. The van der Waals surface area contributed by atoms with Gasteiger partial charge in [0, 0.05) is 6.42 Å². The maximum absolute atomic E-state index is 12.3. The third-order valence-corrected chi connectivity index (χ3v) is 8.12. The lowest BCUT2D eigenvalue weighted by molar-refractivity contribution is -0.123. The highest BCUT2D eigenvalue weighted by Gasteiger charge is 2.17. The quantitative estimate of drug-likeness (QED) is 0.0540. The molecule has 0 unspecified atom stereocenters. The van der Waals surface area contributed by atoms with Crippen LogP contribution in [-0.4, -0.2) is 34.9 Å². The van der Waals surface area contributed by atoms with Crippen molar-refractivity contribution in [2.45, 2.75) is 193 Å². The first-order valence-electron chi connectivity index (χ1n) is 18.2. The Labute approximate surface area is 261 Å². The van der Waals surface area contributed by atoms with Gasteiger partial charge in [-0.15, -0.1) is 0 Å². The highest BCUT2D eigenvalue weighted by molar-refractivity contribution is 5.76. The van der Waals surface area contributed by atoms with Crippen molar-refractivity contribution in [1.82, 2.24) is 5.32 Å². The Morgan fingerprint density at radius 1 is 0.571 bits per heavy atom. The van der Waals surface area contributed by atoms with Crippen LogP contribution in [0, 0.1) is 0 Å². The molecule has 0 aromatic rings. The van der Waals surface area contributed by atoms with Gasteiger partial charge in [-0.1, -0.05) is 159 Å². The minimum atomic E-state index is -0.842. The summed E-state index contributed by atoms with van der Waals surface area (Å²) >= 11 is 0. The maximum Gasteiger partial charge on any atom is 0.220 e. The average Bonchev–Trinajstić information content (AvgIpc) is 2.99. The van der Waals surface area contributed by atoms with Gasteiger partial charge in [0.1, 0.15) is 0 Å². The zero-order chi connectivity index (χ0) is 30.8. The minimum absolute atomic E-state index is 0.0799. The number of allylic oxidation sites excluding steroid dienone is 5. The summed E-state index contributed by atoms with van der Waals surface area (Å²) in [5.74, 6) is -0.0799. The van der Waals surface area contributed by atoms with Crippen molar-refractivity contribution in [3.05, 3.63) is 36.5 Å². The molecule has 4 nitrogen and oxygen atoms in total. The normalized spacial score (nSPS) is 13.5. The predicted octanol–water partition coefficient (Wildman–Crippen LogP) is 10.7. The van der Waals surface area contributed by atoms with Gasteiger partial charge in [0.05, 0.1) is 18.8 Å². The Balaban J connectivity index is 3.67. The molecule has 42 heavy (non-hydrogen) atoms. The molecule has 2 atom stereocenters. The summed E-state index contributed by atoms with van der Waals surface area (Å²) in [6.45, 7) is 4.26. The largest absolute Gasteiger partial charge is 0.394 e. The van der Waals surface area contributed by atoms with E-state index in [1.54, 1.807) is 6.08 Å². The average molecular weight is 590 g/mol. The second kappa shape index (κ2) is 34.1. The van der Waals surface area contributed by atoms with Crippen LogP contribution in [0.2, 0.25) is 0 Å². The van der Waals surface area contributed by atoms with Gasteiger partial charge in [-0.3, -0.25) is 4.79 Å². The summed E-state index contributed by atoms with van der Waals surface area (Å²) in [5.41, 5.74) is 0. The molecule has 0 aliphatic carbocycles. The summed E-state index contributed by atoms with van der Waals surface area (Å²) in [7, 11) is 0. The number of carbonyl (C=O) groups is 1. The van der Waals surface area contributed by atoms with Crippen LogP contribution in [-0.2, 0) is 4.79 Å². The van der Waals surface area contributed by atoms with E-state index in [-0.39, 0.29) is 12.5 Å². The summed E-state index contributed by atoms with van der Waals surface area (Å²) in [5, 5.41) is 22.9. The van der Waals surface area contributed by atoms with Gasteiger partial charge >= 0.3 is 0 Å². The molecule has 3 N–H and O–H groups in total. The molecule has 0 aromatic heterocycles. The molecule has 0 aromatic carbocycles.